The van der Waals surface area contributed by atoms with Crippen LogP contribution in [0.25, 0.3) is 110 Å². The summed E-state index contributed by atoms with van der Waals surface area (Å²) in [5.41, 5.74) is 50.6. The maximum Gasteiger partial charge on any atom is 0.316 e. The number of hydrogen-bond acceptors (Lipinski definition) is 22. The van der Waals surface area contributed by atoms with Crippen LogP contribution in [0.2, 0.25) is 5.28 Å². The average Bonchev–Trinajstić information content (AvgIpc) is 1.07. The number of hydrogen-bond donors (Lipinski definition) is 5. The van der Waals surface area contributed by atoms with Crippen LogP contribution in [0.4, 0.5) is 17.6 Å². The van der Waals surface area contributed by atoms with Crippen LogP contribution in [-0.2, 0) is 46.2 Å². The van der Waals surface area contributed by atoms with Gasteiger partial charge < -0.3 is 38.1 Å². The van der Waals surface area contributed by atoms with E-state index in [2.05, 4.69) is 75.0 Å². The molecule has 10 N–H and O–H groups in total. The molecule has 0 aliphatic heterocycles. The second-order valence-electron chi connectivity index (χ2n) is 32.4. The van der Waals surface area contributed by atoms with E-state index in [-0.39, 0.29) is 51.2 Å². The summed E-state index contributed by atoms with van der Waals surface area (Å²) in [6.45, 7) is 2.05. The molecule has 140 heavy (non-hydrogen) atoms. The average molecular weight is 1890 g/mol. The Morgan fingerprint density at radius 3 is 0.943 bits per heavy atom. The standard InChI is InChI=1S/C23H18FN3O2.C23H18FN3O.C22H17FN4O2.C19H15ClN6O.C19H15FN6O/c1-29-18-9-15(12-26-13-18)8-14-2-7-19-20(16-3-5-17(24)6-4-16)11-22(23(25)28)27-21(19)10-14;1-14-8-9-26-13-17(14)10-15-2-7-19-20(16-3-5-18(24)6-4-16)12-22(23(25)28)27-21(19)11-15;1-29-22-25-11-14(12-26-22)8-13-2-7-17-18(15-3-5-16(23)6-4-15)10-20(21(24)28)27-19(17)9-13;2*1-26-10-13(9-24-26)15-6-17(18(21)27)25-16-5-11(2-3-14(15)16)4-12-7-22-19(20)23-8-12/h2-7,9-13H,8H2,1H3,(H2,25,28);2-9,11-13H,10H2,1H3,(H2,25,28);2-7,9-12H,8H2,1H3,(H2,24,28);2*2-3,5-10H,4H2,1H3,(H2,21,27). The Morgan fingerprint density at radius 1 is 0.321 bits per heavy atom. The zero-order valence-electron chi connectivity index (χ0n) is 75.5. The molecule has 0 saturated heterocycles. The number of methoxy groups -OCH3 is 2. The van der Waals surface area contributed by atoms with Crippen molar-refractivity contribution in [2.24, 2.45) is 42.8 Å². The molecular formula is C106H83ClF4N22O7. The number of pyridine rings is 7. The minimum absolute atomic E-state index is 0.154. The van der Waals surface area contributed by atoms with Gasteiger partial charge in [0.2, 0.25) is 5.28 Å². The van der Waals surface area contributed by atoms with Gasteiger partial charge in [0.1, 0.15) is 51.7 Å². The zero-order valence-corrected chi connectivity index (χ0v) is 76.2. The number of rotatable bonds is 22. The minimum atomic E-state index is -0.758. The van der Waals surface area contributed by atoms with Crippen molar-refractivity contribution in [2.45, 2.75) is 39.0 Å². The number of nitrogens with two attached hydrogens (primary N) is 5. The van der Waals surface area contributed by atoms with E-state index in [9.17, 15) is 41.5 Å². The van der Waals surface area contributed by atoms with Crippen molar-refractivity contribution in [2.75, 3.05) is 14.2 Å². The van der Waals surface area contributed by atoms with Gasteiger partial charge in [-0.1, -0.05) is 97.1 Å². The number of halogens is 5. The summed E-state index contributed by atoms with van der Waals surface area (Å²) < 4.78 is 66.5. The van der Waals surface area contributed by atoms with Gasteiger partial charge in [0.05, 0.1) is 60.4 Å². The molecular weight excluding hydrogens is 1800 g/mol. The lowest BCUT2D eigenvalue weighted by Crippen LogP contribution is -2.13. The highest BCUT2D eigenvalue weighted by Gasteiger charge is 2.21. The van der Waals surface area contributed by atoms with Gasteiger partial charge in [-0.05, 0) is 246 Å². The van der Waals surface area contributed by atoms with E-state index in [0.29, 0.717) is 71.4 Å². The summed E-state index contributed by atoms with van der Waals surface area (Å²) in [5.74, 6) is -3.27. The molecule has 8 aromatic carbocycles. The highest BCUT2D eigenvalue weighted by molar-refractivity contribution is 6.28. The lowest BCUT2D eigenvalue weighted by atomic mass is 9.96. The Hall–Kier alpha value is -18.3. The third-order valence-corrected chi connectivity index (χ3v) is 22.7. The predicted octanol–water partition coefficient (Wildman–Crippen LogP) is 17.1. The van der Waals surface area contributed by atoms with Gasteiger partial charge in [0, 0.05) is 140 Å². The van der Waals surface area contributed by atoms with E-state index in [1.165, 1.54) is 61.5 Å². The zero-order chi connectivity index (χ0) is 98.4. The van der Waals surface area contributed by atoms with E-state index in [1.807, 2.05) is 143 Å². The fourth-order valence-corrected chi connectivity index (χ4v) is 15.8. The van der Waals surface area contributed by atoms with Crippen LogP contribution in [0, 0.1) is 30.5 Å². The molecule has 0 saturated carbocycles. The summed E-state index contributed by atoms with van der Waals surface area (Å²) in [7, 11) is 6.78. The topological polar surface area (TPSA) is 437 Å². The molecule has 5 amide bonds. The van der Waals surface area contributed by atoms with Crippen LogP contribution in [0.3, 0.4) is 0 Å². The van der Waals surface area contributed by atoms with Crippen molar-refractivity contribution >= 4 is 95.7 Å². The van der Waals surface area contributed by atoms with Gasteiger partial charge in [-0.2, -0.15) is 14.6 Å². The first-order valence-electron chi connectivity index (χ1n) is 43.1. The molecule has 29 nitrogen and oxygen atoms in total. The molecule has 12 heterocycles. The lowest BCUT2D eigenvalue weighted by Gasteiger charge is -2.11. The van der Waals surface area contributed by atoms with Crippen molar-refractivity contribution in [3.05, 3.63) is 411 Å². The molecule has 12 aromatic heterocycles. The molecule has 20 aromatic rings. The Labute approximate surface area is 801 Å². The molecule has 0 radical (unpaired) electrons. The molecule has 0 aliphatic rings. The van der Waals surface area contributed by atoms with Gasteiger partial charge >= 0.3 is 12.1 Å². The van der Waals surface area contributed by atoms with Gasteiger partial charge in [-0.25, -0.2) is 68.0 Å². The summed E-state index contributed by atoms with van der Waals surface area (Å²) in [6.07, 6.45) is 26.3. The van der Waals surface area contributed by atoms with Crippen LogP contribution >= 0.6 is 11.6 Å². The molecule has 20 rings (SSSR count). The van der Waals surface area contributed by atoms with Crippen LogP contribution in [0.15, 0.2) is 293 Å². The molecule has 34 heteroatoms. The number of aromatic nitrogens is 17. The fourth-order valence-electron chi connectivity index (χ4n) is 15.7. The van der Waals surface area contributed by atoms with Crippen molar-refractivity contribution in [1.29, 1.82) is 0 Å². The Kier molecular flexibility index (Phi) is 28.8. The number of fused-ring (bicyclic) bond motifs is 5. The largest absolute Gasteiger partial charge is 0.495 e. The van der Waals surface area contributed by atoms with E-state index in [4.69, 9.17) is 49.7 Å². The molecule has 0 atom stereocenters. The number of nitrogens with zero attached hydrogens (tertiary/aromatic N) is 17. The normalized spacial score (nSPS) is 10.9. The molecule has 694 valence electrons. The summed E-state index contributed by atoms with van der Waals surface area (Å²) in [6, 6.07) is 60.3. The Balaban J connectivity index is 0.000000126. The first-order valence-corrected chi connectivity index (χ1v) is 43.5. The maximum atomic E-state index is 13.3. The number of carbonyl (C=O) groups is 5. The number of amides is 5. The summed E-state index contributed by atoms with van der Waals surface area (Å²) in [4.78, 5) is 113. The number of carbonyl (C=O) groups excluding carboxylic acids is 5. The Morgan fingerprint density at radius 2 is 0.636 bits per heavy atom. The molecule has 0 bridgehead atoms. The van der Waals surface area contributed by atoms with Crippen molar-refractivity contribution in [3.63, 3.8) is 0 Å². The summed E-state index contributed by atoms with van der Waals surface area (Å²) in [5, 5.41) is 13.0. The second-order valence-corrected chi connectivity index (χ2v) is 32.7. The van der Waals surface area contributed by atoms with E-state index < -0.39 is 35.6 Å². The van der Waals surface area contributed by atoms with Gasteiger partial charge in [0.15, 0.2) is 0 Å². The molecule has 0 unspecified atom stereocenters. The van der Waals surface area contributed by atoms with Crippen LogP contribution < -0.4 is 38.1 Å². The van der Waals surface area contributed by atoms with Crippen molar-refractivity contribution in [3.8, 4) is 67.4 Å². The van der Waals surface area contributed by atoms with Gasteiger partial charge in [0.25, 0.3) is 29.5 Å². The lowest BCUT2D eigenvalue weighted by molar-refractivity contribution is 0.0987. The van der Waals surface area contributed by atoms with Crippen molar-refractivity contribution in [1.82, 2.24) is 84.4 Å². The molecule has 0 fully saturated rings. The highest BCUT2D eigenvalue weighted by Crippen LogP contribution is 2.37. The number of aryl methyl sites for hydroxylation is 3. The molecule has 0 spiro atoms. The smallest absolute Gasteiger partial charge is 0.316 e. The first kappa shape index (κ1) is 94.9. The summed E-state index contributed by atoms with van der Waals surface area (Å²) >= 11 is 5.73. The van der Waals surface area contributed by atoms with Crippen LogP contribution in [0.5, 0.6) is 11.8 Å². The van der Waals surface area contributed by atoms with Gasteiger partial charge in [-0.15, -0.1) is 0 Å². The van der Waals surface area contributed by atoms with Crippen molar-refractivity contribution < 1.29 is 51.0 Å². The molecule has 0 aliphatic carbocycles. The predicted molar refractivity (Wildman–Crippen MR) is 523 cm³/mol. The SMILES string of the molecule is COc1cncc(Cc2ccc3c(-c4ccc(F)cc4)cc(C(N)=O)nc3c2)c1.COc1ncc(Cc2ccc3c(-c4ccc(F)cc4)cc(C(N)=O)nc3c2)cn1.Cc1ccncc1Cc1ccc2c(-c3ccc(F)cc3)cc(C(N)=O)nc2c1.Cn1cc(-c2cc(C(N)=O)nc3cc(Cc4cnc(Cl)nc4)ccc23)cn1.Cn1cc(-c2cc(C(N)=O)nc3cc(Cc4cnc(F)nc4)ccc23)cn1. The number of ether oxygens (including phenoxy) is 2. The van der Waals surface area contributed by atoms with Crippen LogP contribution in [-0.4, -0.2) is 128 Å². The third-order valence-electron chi connectivity index (χ3n) is 22.5. The second kappa shape index (κ2) is 42.5. The van der Waals surface area contributed by atoms with Crippen LogP contribution in [0.1, 0.15) is 114 Å². The Bertz CT molecular complexity index is 7910. The number of primary amides is 5. The fraction of sp³-hybridized carbons (Fsp3) is 0.0943. The van der Waals surface area contributed by atoms with E-state index in [0.717, 1.165) is 138 Å². The van der Waals surface area contributed by atoms with E-state index in [1.54, 1.807) is 139 Å². The highest BCUT2D eigenvalue weighted by atomic mass is 35.5. The minimum Gasteiger partial charge on any atom is -0.495 e. The monoisotopic (exact) mass is 1890 g/mol. The third kappa shape index (κ3) is 23.2. The van der Waals surface area contributed by atoms with E-state index >= 15 is 0 Å². The maximum absolute atomic E-state index is 13.3. The first-order chi connectivity index (χ1) is 67.5. The van der Waals surface area contributed by atoms with Gasteiger partial charge in [-0.3, -0.25) is 43.3 Å². The number of benzene rings is 8. The quantitative estimate of drug-likeness (QED) is 0.0311.